The van der Waals surface area contributed by atoms with E-state index in [0.717, 1.165) is 27.9 Å². The van der Waals surface area contributed by atoms with E-state index in [-0.39, 0.29) is 18.2 Å². The van der Waals surface area contributed by atoms with E-state index in [9.17, 15) is 9.90 Å². The second kappa shape index (κ2) is 7.28. The molecule has 0 spiro atoms. The van der Waals surface area contributed by atoms with Crippen LogP contribution in [0.25, 0.3) is 11.3 Å². The number of fused-ring (bicyclic) bond motifs is 1. The predicted molar refractivity (Wildman–Crippen MR) is 103 cm³/mol. The van der Waals surface area contributed by atoms with Gasteiger partial charge in [-0.05, 0) is 28.7 Å². The molecule has 0 bridgehead atoms. The van der Waals surface area contributed by atoms with Crippen LogP contribution in [-0.2, 0) is 13.1 Å². The van der Waals surface area contributed by atoms with E-state index in [2.05, 4.69) is 5.32 Å². The lowest BCUT2D eigenvalue weighted by atomic mass is 9.96. The Morgan fingerprint density at radius 3 is 2.42 bits per heavy atom. The van der Waals surface area contributed by atoms with Crippen molar-refractivity contribution in [2.75, 3.05) is 6.61 Å². The van der Waals surface area contributed by atoms with Gasteiger partial charge in [0.1, 0.15) is 0 Å². The number of aliphatic hydroxyl groups excluding tert-OH is 1. The molecule has 0 aliphatic carbocycles. The molecule has 1 atom stereocenters. The number of rotatable bonds is 5. The van der Waals surface area contributed by atoms with E-state index >= 15 is 0 Å². The molecule has 0 radical (unpaired) electrons. The second-order valence-electron chi connectivity index (χ2n) is 6.65. The van der Waals surface area contributed by atoms with Gasteiger partial charge in [-0.3, -0.25) is 4.79 Å². The van der Waals surface area contributed by atoms with Crippen LogP contribution in [0.15, 0.2) is 71.5 Å². The smallest absolute Gasteiger partial charge is 0.251 e. The molecular weight excluding hydrogens is 324 g/mol. The second-order valence-corrected chi connectivity index (χ2v) is 6.65. The largest absolute Gasteiger partial charge is 0.396 e. The van der Waals surface area contributed by atoms with Crippen LogP contribution in [0.5, 0.6) is 0 Å². The van der Waals surface area contributed by atoms with E-state index in [0.29, 0.717) is 19.5 Å². The molecule has 1 aromatic heterocycles. The summed E-state index contributed by atoms with van der Waals surface area (Å²) in [6.07, 6.45) is 0.635. The maximum atomic E-state index is 12.9. The average Bonchev–Trinajstić information content (AvgIpc) is 3.06. The Bertz CT molecular complexity index is 949. The number of nitrogens with one attached hydrogen (secondary N) is 1. The van der Waals surface area contributed by atoms with Crippen molar-refractivity contribution in [1.82, 2.24) is 9.88 Å². The summed E-state index contributed by atoms with van der Waals surface area (Å²) in [6, 6.07) is 21.9. The molecule has 0 saturated carbocycles. The van der Waals surface area contributed by atoms with Gasteiger partial charge in [0.2, 0.25) is 0 Å². The molecule has 0 fully saturated rings. The van der Waals surface area contributed by atoms with Crippen LogP contribution >= 0.6 is 0 Å². The first kappa shape index (κ1) is 16.8. The number of aromatic nitrogens is 1. The lowest BCUT2D eigenvalue weighted by Gasteiger charge is -2.21. The first-order valence-electron chi connectivity index (χ1n) is 8.98. The van der Waals surface area contributed by atoms with Crippen molar-refractivity contribution in [2.45, 2.75) is 25.6 Å². The van der Waals surface area contributed by atoms with E-state index in [1.807, 2.05) is 65.2 Å². The van der Waals surface area contributed by atoms with Gasteiger partial charge >= 0.3 is 0 Å². The maximum absolute atomic E-state index is 12.9. The zero-order valence-corrected chi connectivity index (χ0v) is 14.6. The Labute approximate surface area is 152 Å². The van der Waals surface area contributed by atoms with Gasteiger partial charge in [-0.25, -0.2) is 0 Å². The van der Waals surface area contributed by atoms with Crippen LogP contribution in [0.1, 0.15) is 29.2 Å². The normalized spacial score (nSPS) is 15.8. The Hall–Kier alpha value is -2.69. The third-order valence-electron chi connectivity index (χ3n) is 4.97. The lowest BCUT2D eigenvalue weighted by Crippen LogP contribution is -2.24. The van der Waals surface area contributed by atoms with E-state index < -0.39 is 0 Å². The zero-order chi connectivity index (χ0) is 17.9. The first-order chi connectivity index (χ1) is 12.8. The molecule has 2 aromatic carbocycles. The Balaban J connectivity index is 1.93. The van der Waals surface area contributed by atoms with Crippen molar-refractivity contribution < 1.29 is 5.11 Å². The van der Waals surface area contributed by atoms with Gasteiger partial charge in [-0.2, -0.15) is 0 Å². The van der Waals surface area contributed by atoms with Crippen molar-refractivity contribution in [3.8, 4) is 11.3 Å². The molecule has 3 aromatic rings. The summed E-state index contributed by atoms with van der Waals surface area (Å²) in [5.41, 5.74) is 5.27. The van der Waals surface area contributed by atoms with Crippen molar-refractivity contribution >= 4 is 0 Å². The Morgan fingerprint density at radius 2 is 1.73 bits per heavy atom. The van der Waals surface area contributed by atoms with E-state index in [1.54, 1.807) is 6.07 Å². The molecule has 0 saturated heterocycles. The minimum Gasteiger partial charge on any atom is -0.396 e. The first-order valence-corrected chi connectivity index (χ1v) is 8.98. The summed E-state index contributed by atoms with van der Waals surface area (Å²) in [5, 5.41) is 12.9. The molecule has 132 valence electrons. The number of nitrogens with zero attached hydrogens (tertiary/aromatic N) is 1. The minimum atomic E-state index is 0.0119. The zero-order valence-electron chi connectivity index (χ0n) is 14.6. The van der Waals surface area contributed by atoms with E-state index in [1.165, 1.54) is 0 Å². The fourth-order valence-electron chi connectivity index (χ4n) is 3.79. The Morgan fingerprint density at radius 1 is 1.04 bits per heavy atom. The molecule has 4 rings (SSSR count). The van der Waals surface area contributed by atoms with Gasteiger partial charge in [0.25, 0.3) is 5.56 Å². The van der Waals surface area contributed by atoms with Gasteiger partial charge in [0.05, 0.1) is 12.2 Å². The van der Waals surface area contributed by atoms with Crippen LogP contribution in [0.3, 0.4) is 0 Å². The highest BCUT2D eigenvalue weighted by Crippen LogP contribution is 2.35. The van der Waals surface area contributed by atoms with Crippen LogP contribution < -0.4 is 10.9 Å². The van der Waals surface area contributed by atoms with Crippen LogP contribution in [0, 0.1) is 0 Å². The summed E-state index contributed by atoms with van der Waals surface area (Å²) < 4.78 is 1.86. The number of aliphatic hydroxyl groups is 1. The molecule has 2 heterocycles. The highest BCUT2D eigenvalue weighted by atomic mass is 16.3. The Kier molecular flexibility index (Phi) is 4.69. The van der Waals surface area contributed by atoms with Crippen LogP contribution in [-0.4, -0.2) is 16.3 Å². The molecule has 1 aliphatic rings. The predicted octanol–water partition coefficient (Wildman–Crippen LogP) is 3.09. The monoisotopic (exact) mass is 346 g/mol. The summed E-state index contributed by atoms with van der Waals surface area (Å²) in [6.45, 7) is 1.31. The summed E-state index contributed by atoms with van der Waals surface area (Å²) in [4.78, 5) is 12.9. The van der Waals surface area contributed by atoms with E-state index in [4.69, 9.17) is 0 Å². The van der Waals surface area contributed by atoms with Crippen LogP contribution in [0.4, 0.5) is 0 Å². The molecule has 4 nitrogen and oxygen atoms in total. The molecule has 0 unspecified atom stereocenters. The van der Waals surface area contributed by atoms with Gasteiger partial charge in [-0.15, -0.1) is 0 Å². The van der Waals surface area contributed by atoms with Crippen molar-refractivity contribution in [1.29, 1.82) is 0 Å². The average molecular weight is 346 g/mol. The third kappa shape index (κ3) is 3.09. The number of benzene rings is 2. The summed E-state index contributed by atoms with van der Waals surface area (Å²) in [5.74, 6) is 0. The highest BCUT2D eigenvalue weighted by molar-refractivity contribution is 5.67. The molecule has 0 amide bonds. The minimum absolute atomic E-state index is 0.0119. The number of hydrogen-bond donors (Lipinski definition) is 2. The van der Waals surface area contributed by atoms with Gasteiger partial charge < -0.3 is 15.0 Å². The van der Waals surface area contributed by atoms with Gasteiger partial charge in [0, 0.05) is 25.3 Å². The molecule has 2 N–H and O–H groups in total. The van der Waals surface area contributed by atoms with Gasteiger partial charge in [0.15, 0.2) is 0 Å². The summed E-state index contributed by atoms with van der Waals surface area (Å²) in [7, 11) is 0. The third-order valence-corrected chi connectivity index (χ3v) is 4.97. The van der Waals surface area contributed by atoms with Crippen LogP contribution in [0.2, 0.25) is 0 Å². The molecule has 1 aliphatic heterocycles. The number of pyridine rings is 1. The summed E-state index contributed by atoms with van der Waals surface area (Å²) >= 11 is 0. The fraction of sp³-hybridized carbons (Fsp3) is 0.227. The lowest BCUT2D eigenvalue weighted by molar-refractivity contribution is 0.269. The van der Waals surface area contributed by atoms with Crippen molar-refractivity contribution in [3.63, 3.8) is 0 Å². The van der Waals surface area contributed by atoms with Crippen molar-refractivity contribution in [2.24, 2.45) is 0 Å². The molecule has 4 heteroatoms. The van der Waals surface area contributed by atoms with Gasteiger partial charge in [-0.1, -0.05) is 60.7 Å². The van der Waals surface area contributed by atoms with Crippen molar-refractivity contribution in [3.05, 3.63) is 93.8 Å². The number of hydrogen-bond acceptors (Lipinski definition) is 3. The SMILES string of the molecule is O=c1cc2c(c(-c3ccccc3)n1Cc1ccccc1)[C@H](CCO)NC2. The highest BCUT2D eigenvalue weighted by Gasteiger charge is 2.28. The molecule has 26 heavy (non-hydrogen) atoms. The standard InChI is InChI=1S/C22H22N2O2/c25-12-11-19-21-18(14-23-19)13-20(26)24(15-16-7-3-1-4-8-16)22(21)17-9-5-2-6-10-17/h1-10,13,19,23,25H,11-12,14-15H2/t19-/m0/s1. The maximum Gasteiger partial charge on any atom is 0.251 e. The topological polar surface area (TPSA) is 54.3 Å². The quantitative estimate of drug-likeness (QED) is 0.746. The fourth-order valence-corrected chi connectivity index (χ4v) is 3.79. The molecular formula is C22H22N2O2.